The largest absolute Gasteiger partial charge is 0.481 e. The van der Waals surface area contributed by atoms with E-state index in [-0.39, 0.29) is 11.9 Å². The number of carboxylic acids is 1. The SMILES string of the molecule is Cc1cc(N(C)C)c2cc(CC(=O)O)cc(F)c2n1. The summed E-state index contributed by atoms with van der Waals surface area (Å²) in [6.07, 6.45) is -0.201. The Morgan fingerprint density at radius 3 is 2.63 bits per heavy atom. The smallest absolute Gasteiger partial charge is 0.307 e. The van der Waals surface area contributed by atoms with Crippen molar-refractivity contribution in [3.63, 3.8) is 0 Å². The molecule has 0 bridgehead atoms. The van der Waals surface area contributed by atoms with E-state index in [1.54, 1.807) is 13.0 Å². The van der Waals surface area contributed by atoms with Crippen molar-refractivity contribution >= 4 is 22.6 Å². The molecule has 2 rings (SSSR count). The van der Waals surface area contributed by atoms with Crippen molar-refractivity contribution in [3.05, 3.63) is 35.3 Å². The van der Waals surface area contributed by atoms with Gasteiger partial charge in [-0.25, -0.2) is 9.37 Å². The third kappa shape index (κ3) is 2.65. The zero-order valence-corrected chi connectivity index (χ0v) is 11.1. The third-order valence-corrected chi connectivity index (χ3v) is 2.87. The van der Waals surface area contributed by atoms with E-state index in [9.17, 15) is 9.18 Å². The van der Waals surface area contributed by atoms with Crippen LogP contribution in [0.25, 0.3) is 10.9 Å². The number of carboxylic acid groups (broad SMARTS) is 1. The van der Waals surface area contributed by atoms with Crippen LogP contribution in [0.5, 0.6) is 0 Å². The number of rotatable bonds is 3. The van der Waals surface area contributed by atoms with Gasteiger partial charge in [0.1, 0.15) is 11.3 Å². The van der Waals surface area contributed by atoms with Crippen molar-refractivity contribution in [2.45, 2.75) is 13.3 Å². The van der Waals surface area contributed by atoms with Crippen LogP contribution in [0, 0.1) is 12.7 Å². The number of hydrogen-bond donors (Lipinski definition) is 1. The fourth-order valence-corrected chi connectivity index (χ4v) is 2.10. The van der Waals surface area contributed by atoms with Crippen molar-refractivity contribution in [3.8, 4) is 0 Å². The quantitative estimate of drug-likeness (QED) is 0.922. The summed E-state index contributed by atoms with van der Waals surface area (Å²) in [6, 6.07) is 4.78. The number of anilines is 1. The van der Waals surface area contributed by atoms with Crippen LogP contribution in [0.3, 0.4) is 0 Å². The summed E-state index contributed by atoms with van der Waals surface area (Å²) < 4.78 is 14.0. The van der Waals surface area contributed by atoms with Gasteiger partial charge >= 0.3 is 5.97 Å². The highest BCUT2D eigenvalue weighted by Gasteiger charge is 2.13. The molecule has 4 nitrogen and oxygen atoms in total. The van der Waals surface area contributed by atoms with Crippen molar-refractivity contribution in [1.82, 2.24) is 4.98 Å². The Morgan fingerprint density at radius 2 is 2.05 bits per heavy atom. The maximum absolute atomic E-state index is 14.0. The van der Waals surface area contributed by atoms with E-state index in [0.717, 1.165) is 11.4 Å². The van der Waals surface area contributed by atoms with Crippen LogP contribution >= 0.6 is 0 Å². The van der Waals surface area contributed by atoms with Gasteiger partial charge in [-0.1, -0.05) is 0 Å². The molecule has 1 N–H and O–H groups in total. The molecular weight excluding hydrogens is 247 g/mol. The average molecular weight is 262 g/mol. The van der Waals surface area contributed by atoms with Crippen molar-refractivity contribution in [1.29, 1.82) is 0 Å². The molecular formula is C14H15FN2O2. The molecule has 5 heteroatoms. The number of aliphatic carboxylic acids is 1. The molecule has 0 fully saturated rings. The summed E-state index contributed by atoms with van der Waals surface area (Å²) >= 11 is 0. The lowest BCUT2D eigenvalue weighted by atomic mass is 10.1. The molecule has 0 aliphatic carbocycles. The van der Waals surface area contributed by atoms with Crippen LogP contribution in [-0.4, -0.2) is 30.2 Å². The highest BCUT2D eigenvalue weighted by Crippen LogP contribution is 2.28. The van der Waals surface area contributed by atoms with Crippen molar-refractivity contribution < 1.29 is 14.3 Å². The lowest BCUT2D eigenvalue weighted by Crippen LogP contribution is -2.11. The van der Waals surface area contributed by atoms with Gasteiger partial charge in [0.25, 0.3) is 0 Å². The predicted octanol–water partition coefficient (Wildman–Crippen LogP) is 2.38. The second-order valence-electron chi connectivity index (χ2n) is 4.72. The Morgan fingerprint density at radius 1 is 1.37 bits per heavy atom. The minimum Gasteiger partial charge on any atom is -0.481 e. The average Bonchev–Trinajstić information content (AvgIpc) is 2.28. The van der Waals surface area contributed by atoms with Gasteiger partial charge in [0.15, 0.2) is 0 Å². The van der Waals surface area contributed by atoms with Crippen LogP contribution in [0.4, 0.5) is 10.1 Å². The molecule has 0 spiro atoms. The molecule has 100 valence electrons. The molecule has 0 saturated carbocycles. The predicted molar refractivity (Wildman–Crippen MR) is 72.1 cm³/mol. The molecule has 1 aromatic carbocycles. The number of benzene rings is 1. The summed E-state index contributed by atoms with van der Waals surface area (Å²) in [5.74, 6) is -1.47. The van der Waals surface area contributed by atoms with E-state index in [2.05, 4.69) is 4.98 Å². The second-order valence-corrected chi connectivity index (χ2v) is 4.72. The highest BCUT2D eigenvalue weighted by atomic mass is 19.1. The Kier molecular flexibility index (Phi) is 3.38. The van der Waals surface area contributed by atoms with Crippen LogP contribution in [-0.2, 0) is 11.2 Å². The normalized spacial score (nSPS) is 10.7. The van der Waals surface area contributed by atoms with Gasteiger partial charge in [-0.05, 0) is 30.7 Å². The summed E-state index contributed by atoms with van der Waals surface area (Å²) in [4.78, 5) is 16.8. The summed E-state index contributed by atoms with van der Waals surface area (Å²) in [5, 5.41) is 9.44. The Balaban J connectivity index is 2.73. The van der Waals surface area contributed by atoms with E-state index < -0.39 is 11.8 Å². The van der Waals surface area contributed by atoms with Gasteiger partial charge in [-0.15, -0.1) is 0 Å². The molecule has 19 heavy (non-hydrogen) atoms. The zero-order chi connectivity index (χ0) is 14.2. The first-order valence-corrected chi connectivity index (χ1v) is 5.87. The van der Waals surface area contributed by atoms with Gasteiger partial charge in [0.2, 0.25) is 0 Å². The van der Waals surface area contributed by atoms with Crippen LogP contribution in [0.2, 0.25) is 0 Å². The second kappa shape index (κ2) is 4.84. The minimum absolute atomic E-state index is 0.201. The fourth-order valence-electron chi connectivity index (χ4n) is 2.10. The Bertz CT molecular complexity index is 653. The van der Waals surface area contributed by atoms with E-state index >= 15 is 0 Å². The number of hydrogen-bond acceptors (Lipinski definition) is 3. The molecule has 0 atom stereocenters. The summed E-state index contributed by atoms with van der Waals surface area (Å²) in [7, 11) is 3.71. The first kappa shape index (κ1) is 13.3. The Labute approximate surface area is 110 Å². The van der Waals surface area contributed by atoms with E-state index in [4.69, 9.17) is 5.11 Å². The number of aromatic nitrogens is 1. The van der Waals surface area contributed by atoms with Crippen LogP contribution in [0.15, 0.2) is 18.2 Å². The third-order valence-electron chi connectivity index (χ3n) is 2.87. The van der Waals surface area contributed by atoms with Crippen LogP contribution in [0.1, 0.15) is 11.3 Å². The number of halogens is 1. The molecule has 2 aromatic rings. The van der Waals surface area contributed by atoms with Crippen molar-refractivity contribution in [2.75, 3.05) is 19.0 Å². The van der Waals surface area contributed by atoms with Gasteiger partial charge < -0.3 is 10.0 Å². The monoisotopic (exact) mass is 262 g/mol. The molecule has 0 saturated heterocycles. The highest BCUT2D eigenvalue weighted by molar-refractivity contribution is 5.93. The number of aryl methyl sites for hydroxylation is 1. The Hall–Kier alpha value is -2.17. The summed E-state index contributed by atoms with van der Waals surface area (Å²) in [6.45, 7) is 1.80. The first-order valence-electron chi connectivity index (χ1n) is 5.87. The lowest BCUT2D eigenvalue weighted by molar-refractivity contribution is -0.136. The molecule has 0 unspecified atom stereocenters. The van der Waals surface area contributed by atoms with E-state index in [1.165, 1.54) is 6.07 Å². The van der Waals surface area contributed by atoms with E-state index in [1.807, 2.05) is 25.1 Å². The zero-order valence-electron chi connectivity index (χ0n) is 11.1. The molecule has 1 aromatic heterocycles. The van der Waals surface area contributed by atoms with Crippen LogP contribution < -0.4 is 4.90 Å². The first-order chi connectivity index (χ1) is 8.88. The fraction of sp³-hybridized carbons (Fsp3) is 0.286. The van der Waals surface area contributed by atoms with Gasteiger partial charge in [-0.2, -0.15) is 0 Å². The maximum Gasteiger partial charge on any atom is 0.307 e. The standard InChI is InChI=1S/C14H15FN2O2/c1-8-4-12(17(2)3)10-5-9(7-13(18)19)6-11(15)14(10)16-8/h4-6H,7H2,1-3H3,(H,18,19). The maximum atomic E-state index is 14.0. The van der Waals surface area contributed by atoms with Gasteiger partial charge in [0, 0.05) is 30.9 Å². The minimum atomic E-state index is -0.981. The lowest BCUT2D eigenvalue weighted by Gasteiger charge is -2.17. The molecule has 0 amide bonds. The van der Waals surface area contributed by atoms with Gasteiger partial charge in [0.05, 0.1) is 6.42 Å². The summed E-state index contributed by atoms with van der Waals surface area (Å²) in [5.41, 5.74) is 2.26. The number of nitrogens with zero attached hydrogens (tertiary/aromatic N) is 2. The van der Waals surface area contributed by atoms with Gasteiger partial charge in [-0.3, -0.25) is 4.79 Å². The van der Waals surface area contributed by atoms with E-state index in [0.29, 0.717) is 10.9 Å². The number of pyridine rings is 1. The number of carbonyl (C=O) groups is 1. The molecule has 1 heterocycles. The topological polar surface area (TPSA) is 53.4 Å². The molecule has 0 radical (unpaired) electrons. The molecule has 0 aliphatic rings. The van der Waals surface area contributed by atoms with Crippen molar-refractivity contribution in [2.24, 2.45) is 0 Å². The molecule has 0 aliphatic heterocycles. The number of fused-ring (bicyclic) bond motifs is 1.